The summed E-state index contributed by atoms with van der Waals surface area (Å²) < 4.78 is 15.2. The highest BCUT2D eigenvalue weighted by atomic mass is 32.1. The van der Waals surface area contributed by atoms with Crippen molar-refractivity contribution in [1.29, 1.82) is 0 Å². The van der Waals surface area contributed by atoms with Crippen LogP contribution in [0.2, 0.25) is 0 Å². The smallest absolute Gasteiger partial charge is 0.399 e. The summed E-state index contributed by atoms with van der Waals surface area (Å²) in [6.07, 6.45) is 0. The molecule has 5 aromatic rings. The monoisotopic (exact) mass is 410 g/mol. The molecular formula is C26H23BO2S. The second-order valence-electron chi connectivity index (χ2n) is 9.27. The van der Waals surface area contributed by atoms with Crippen molar-refractivity contribution >= 4 is 65.6 Å². The van der Waals surface area contributed by atoms with Crippen LogP contribution >= 0.6 is 11.3 Å². The van der Waals surface area contributed by atoms with Gasteiger partial charge in [0.1, 0.15) is 0 Å². The predicted octanol–water partition coefficient (Wildman–Crippen LogP) is 6.66. The van der Waals surface area contributed by atoms with E-state index in [9.17, 15) is 0 Å². The molecule has 0 spiro atoms. The summed E-state index contributed by atoms with van der Waals surface area (Å²) >= 11 is 1.87. The fraction of sp³-hybridized carbons (Fsp3) is 0.231. The van der Waals surface area contributed by atoms with Crippen LogP contribution in [0.3, 0.4) is 0 Å². The molecule has 0 unspecified atom stereocenters. The Kier molecular flexibility index (Phi) is 3.72. The van der Waals surface area contributed by atoms with Crippen molar-refractivity contribution in [2.75, 3.05) is 0 Å². The number of rotatable bonds is 1. The summed E-state index contributed by atoms with van der Waals surface area (Å²) in [4.78, 5) is 0. The summed E-state index contributed by atoms with van der Waals surface area (Å²) in [5, 5.41) is 7.82. The number of fused-ring (bicyclic) bond motifs is 7. The SMILES string of the molecule is CC1(C)OB(c2ccc3c(ccc4ccc5sc6ccccc6c5c43)c2)OC1(C)C. The molecule has 2 heterocycles. The van der Waals surface area contributed by atoms with Gasteiger partial charge in [0.15, 0.2) is 0 Å². The number of hydrogen-bond acceptors (Lipinski definition) is 3. The van der Waals surface area contributed by atoms with E-state index in [1.165, 1.54) is 41.7 Å². The van der Waals surface area contributed by atoms with Gasteiger partial charge in [0.25, 0.3) is 0 Å². The van der Waals surface area contributed by atoms with E-state index in [4.69, 9.17) is 9.31 Å². The van der Waals surface area contributed by atoms with Crippen molar-refractivity contribution in [3.8, 4) is 0 Å². The van der Waals surface area contributed by atoms with Gasteiger partial charge in [0.2, 0.25) is 0 Å². The molecule has 2 nitrogen and oxygen atoms in total. The van der Waals surface area contributed by atoms with Crippen molar-refractivity contribution < 1.29 is 9.31 Å². The Labute approximate surface area is 180 Å². The first kappa shape index (κ1) is 18.4. The average Bonchev–Trinajstić information content (AvgIpc) is 3.20. The molecule has 0 bridgehead atoms. The maximum Gasteiger partial charge on any atom is 0.494 e. The molecule has 1 fully saturated rings. The molecule has 0 aliphatic carbocycles. The molecule has 1 saturated heterocycles. The summed E-state index contributed by atoms with van der Waals surface area (Å²) in [7, 11) is -0.340. The van der Waals surface area contributed by atoms with Crippen LogP contribution in [0.25, 0.3) is 41.7 Å². The Hall–Kier alpha value is -2.40. The molecule has 0 radical (unpaired) electrons. The van der Waals surface area contributed by atoms with E-state index in [1.807, 2.05) is 11.3 Å². The Morgan fingerprint density at radius 2 is 1.37 bits per heavy atom. The Morgan fingerprint density at radius 3 is 2.17 bits per heavy atom. The van der Waals surface area contributed by atoms with Crippen LogP contribution in [0.1, 0.15) is 27.7 Å². The lowest BCUT2D eigenvalue weighted by Gasteiger charge is -2.32. The summed E-state index contributed by atoms with van der Waals surface area (Å²) in [5.74, 6) is 0. The Bertz CT molecular complexity index is 1450. The van der Waals surface area contributed by atoms with E-state index in [1.54, 1.807) is 0 Å². The molecule has 1 aliphatic heterocycles. The van der Waals surface area contributed by atoms with Gasteiger partial charge in [-0.25, -0.2) is 0 Å². The lowest BCUT2D eigenvalue weighted by Crippen LogP contribution is -2.41. The summed E-state index contributed by atoms with van der Waals surface area (Å²) in [6, 6.07) is 24.3. The first-order chi connectivity index (χ1) is 14.3. The predicted molar refractivity (Wildman–Crippen MR) is 130 cm³/mol. The molecule has 148 valence electrons. The van der Waals surface area contributed by atoms with Crippen LogP contribution in [-0.4, -0.2) is 18.3 Å². The molecule has 4 aromatic carbocycles. The second-order valence-corrected chi connectivity index (χ2v) is 10.4. The fourth-order valence-corrected chi connectivity index (χ4v) is 5.63. The van der Waals surface area contributed by atoms with Crippen molar-refractivity contribution in [1.82, 2.24) is 0 Å². The van der Waals surface area contributed by atoms with Gasteiger partial charge in [0, 0.05) is 20.2 Å². The minimum Gasteiger partial charge on any atom is -0.399 e. The standard InChI is InChI=1S/C26H23BO2S/c1-25(2)26(3,4)29-27(28-25)18-12-13-19-17(15-18)10-9-16-11-14-22-24(23(16)19)20-7-5-6-8-21(20)30-22/h5-15H,1-4H3. The van der Waals surface area contributed by atoms with Crippen LogP contribution in [0.5, 0.6) is 0 Å². The minimum atomic E-state index is -0.340. The quantitative estimate of drug-likeness (QED) is 0.227. The summed E-state index contributed by atoms with van der Waals surface area (Å²) in [6.45, 7) is 8.39. The zero-order chi connectivity index (χ0) is 20.7. The molecule has 0 atom stereocenters. The fourth-order valence-electron chi connectivity index (χ4n) is 4.51. The van der Waals surface area contributed by atoms with Crippen LogP contribution < -0.4 is 5.46 Å². The molecule has 1 aromatic heterocycles. The van der Waals surface area contributed by atoms with E-state index in [2.05, 4.69) is 94.4 Å². The van der Waals surface area contributed by atoms with Gasteiger partial charge in [-0.05, 0) is 66.8 Å². The third-order valence-corrected chi connectivity index (χ3v) is 8.02. The molecular weight excluding hydrogens is 387 g/mol. The van der Waals surface area contributed by atoms with E-state index in [-0.39, 0.29) is 18.3 Å². The summed E-state index contributed by atoms with van der Waals surface area (Å²) in [5.41, 5.74) is 0.401. The van der Waals surface area contributed by atoms with Crippen LogP contribution in [0.4, 0.5) is 0 Å². The average molecular weight is 410 g/mol. The molecule has 0 saturated carbocycles. The first-order valence-electron chi connectivity index (χ1n) is 10.5. The first-order valence-corrected chi connectivity index (χ1v) is 11.3. The van der Waals surface area contributed by atoms with Gasteiger partial charge in [-0.15, -0.1) is 11.3 Å². The third kappa shape index (κ3) is 2.51. The highest BCUT2D eigenvalue weighted by Crippen LogP contribution is 2.41. The van der Waals surface area contributed by atoms with E-state index in [0.717, 1.165) is 5.46 Å². The largest absolute Gasteiger partial charge is 0.494 e. The highest BCUT2D eigenvalue weighted by Gasteiger charge is 2.51. The molecule has 1 aliphatic rings. The van der Waals surface area contributed by atoms with E-state index >= 15 is 0 Å². The highest BCUT2D eigenvalue weighted by molar-refractivity contribution is 7.26. The third-order valence-electron chi connectivity index (χ3n) is 6.89. The molecule has 6 rings (SSSR count). The number of benzene rings is 4. The Morgan fingerprint density at radius 1 is 0.667 bits per heavy atom. The van der Waals surface area contributed by atoms with Gasteiger partial charge >= 0.3 is 7.12 Å². The van der Waals surface area contributed by atoms with Crippen molar-refractivity contribution in [2.24, 2.45) is 0 Å². The van der Waals surface area contributed by atoms with Crippen molar-refractivity contribution in [3.63, 3.8) is 0 Å². The van der Waals surface area contributed by atoms with E-state index < -0.39 is 0 Å². The number of hydrogen-bond donors (Lipinski definition) is 0. The maximum atomic E-state index is 6.28. The minimum absolute atomic E-state index is 0.336. The van der Waals surface area contributed by atoms with E-state index in [0.29, 0.717) is 0 Å². The van der Waals surface area contributed by atoms with Crippen molar-refractivity contribution in [2.45, 2.75) is 38.9 Å². The molecule has 4 heteroatoms. The van der Waals surface area contributed by atoms with Gasteiger partial charge in [-0.2, -0.15) is 0 Å². The maximum absolute atomic E-state index is 6.28. The molecule has 30 heavy (non-hydrogen) atoms. The topological polar surface area (TPSA) is 18.5 Å². The molecule has 0 amide bonds. The van der Waals surface area contributed by atoms with Gasteiger partial charge < -0.3 is 9.31 Å². The van der Waals surface area contributed by atoms with Gasteiger partial charge in [0.05, 0.1) is 11.2 Å². The van der Waals surface area contributed by atoms with Gasteiger partial charge in [-0.1, -0.05) is 54.6 Å². The van der Waals surface area contributed by atoms with Crippen LogP contribution in [0, 0.1) is 0 Å². The lowest BCUT2D eigenvalue weighted by atomic mass is 9.78. The number of thiophene rings is 1. The van der Waals surface area contributed by atoms with Crippen LogP contribution in [-0.2, 0) is 9.31 Å². The van der Waals surface area contributed by atoms with Crippen LogP contribution in [0.15, 0.2) is 66.7 Å². The Balaban J connectivity index is 1.59. The molecule has 0 N–H and O–H groups in total. The van der Waals surface area contributed by atoms with Crippen molar-refractivity contribution in [3.05, 3.63) is 66.7 Å². The van der Waals surface area contributed by atoms with Gasteiger partial charge in [-0.3, -0.25) is 0 Å². The lowest BCUT2D eigenvalue weighted by molar-refractivity contribution is 0.00578. The zero-order valence-electron chi connectivity index (χ0n) is 17.7. The normalized spacial score (nSPS) is 18.2. The second kappa shape index (κ2) is 6.07. The zero-order valence-corrected chi connectivity index (χ0v) is 18.5.